The van der Waals surface area contributed by atoms with E-state index in [-0.39, 0.29) is 0 Å². The maximum absolute atomic E-state index is 9.05. The van der Waals surface area contributed by atoms with Crippen molar-refractivity contribution in [2.24, 2.45) is 0 Å². The lowest BCUT2D eigenvalue weighted by Gasteiger charge is -2.15. The molecule has 16 heavy (non-hydrogen) atoms. The molecule has 1 aromatic carbocycles. The Morgan fingerprint density at radius 2 is 1.81 bits per heavy atom. The summed E-state index contributed by atoms with van der Waals surface area (Å²) < 4.78 is 0. The molecule has 0 bridgehead atoms. The lowest BCUT2D eigenvalue weighted by Crippen LogP contribution is -2.13. The lowest BCUT2D eigenvalue weighted by atomic mass is 9.86. The quantitative estimate of drug-likeness (QED) is 0.753. The number of hydrogen-bond donors (Lipinski definition) is 0. The summed E-state index contributed by atoms with van der Waals surface area (Å²) in [6, 6.07) is 14.7. The van der Waals surface area contributed by atoms with Crippen LogP contribution in [0.1, 0.15) is 19.4 Å². The standard InChI is InChI=1S/C14H13NS/c1-14(2,10-15)12-7-5-11(6-8-12)13-4-3-9-16-13/h3-9H,1-2H3. The number of hydrogen-bond acceptors (Lipinski definition) is 2. The number of rotatable bonds is 2. The summed E-state index contributed by atoms with van der Waals surface area (Å²) in [5.74, 6) is 0. The van der Waals surface area contributed by atoms with Gasteiger partial charge in [0.15, 0.2) is 0 Å². The van der Waals surface area contributed by atoms with Gasteiger partial charge in [0.2, 0.25) is 0 Å². The van der Waals surface area contributed by atoms with Crippen LogP contribution in [-0.4, -0.2) is 0 Å². The first-order chi connectivity index (χ1) is 7.63. The van der Waals surface area contributed by atoms with Crippen LogP contribution in [0.2, 0.25) is 0 Å². The molecule has 0 fully saturated rings. The molecule has 1 nitrogen and oxygen atoms in total. The van der Waals surface area contributed by atoms with Gasteiger partial charge in [-0.15, -0.1) is 11.3 Å². The van der Waals surface area contributed by atoms with Crippen molar-refractivity contribution in [3.05, 3.63) is 47.3 Å². The average molecular weight is 227 g/mol. The zero-order valence-corrected chi connectivity index (χ0v) is 10.2. The predicted molar refractivity (Wildman–Crippen MR) is 68.4 cm³/mol. The van der Waals surface area contributed by atoms with E-state index in [9.17, 15) is 0 Å². The Hall–Kier alpha value is -1.59. The summed E-state index contributed by atoms with van der Waals surface area (Å²) in [6.45, 7) is 3.88. The van der Waals surface area contributed by atoms with Gasteiger partial charge in [-0.1, -0.05) is 30.3 Å². The third-order valence-corrected chi connectivity index (χ3v) is 3.61. The van der Waals surface area contributed by atoms with Crippen LogP contribution in [0.4, 0.5) is 0 Å². The van der Waals surface area contributed by atoms with Gasteiger partial charge in [-0.05, 0) is 36.4 Å². The van der Waals surface area contributed by atoms with Crippen LogP contribution >= 0.6 is 11.3 Å². The molecule has 1 heterocycles. The molecule has 2 heteroatoms. The molecule has 0 aliphatic heterocycles. The minimum absolute atomic E-state index is 0.409. The van der Waals surface area contributed by atoms with Crippen molar-refractivity contribution in [2.75, 3.05) is 0 Å². The molecule has 0 saturated carbocycles. The highest BCUT2D eigenvalue weighted by atomic mass is 32.1. The van der Waals surface area contributed by atoms with Gasteiger partial charge in [-0.2, -0.15) is 5.26 Å². The van der Waals surface area contributed by atoms with Gasteiger partial charge in [0.05, 0.1) is 11.5 Å². The van der Waals surface area contributed by atoms with Crippen LogP contribution in [0.15, 0.2) is 41.8 Å². The number of nitrogens with zero attached hydrogens (tertiary/aromatic N) is 1. The number of nitriles is 1. The van der Waals surface area contributed by atoms with Gasteiger partial charge in [-0.3, -0.25) is 0 Å². The maximum atomic E-state index is 9.05. The first-order valence-electron chi connectivity index (χ1n) is 5.19. The maximum Gasteiger partial charge on any atom is 0.0766 e. The predicted octanol–water partition coefficient (Wildman–Crippen LogP) is 4.22. The molecule has 0 aliphatic rings. The molecule has 0 N–H and O–H groups in total. The minimum atomic E-state index is -0.409. The van der Waals surface area contributed by atoms with Crippen molar-refractivity contribution >= 4 is 11.3 Å². The highest BCUT2D eigenvalue weighted by Gasteiger charge is 2.19. The molecule has 0 spiro atoms. The van der Waals surface area contributed by atoms with Crippen LogP contribution in [0.25, 0.3) is 10.4 Å². The molecular weight excluding hydrogens is 214 g/mol. The molecule has 0 amide bonds. The van der Waals surface area contributed by atoms with Crippen LogP contribution in [0.3, 0.4) is 0 Å². The fourth-order valence-corrected chi connectivity index (χ4v) is 2.29. The van der Waals surface area contributed by atoms with E-state index in [4.69, 9.17) is 5.26 Å². The summed E-state index contributed by atoms with van der Waals surface area (Å²) >= 11 is 1.73. The summed E-state index contributed by atoms with van der Waals surface area (Å²) in [6.07, 6.45) is 0. The van der Waals surface area contributed by atoms with Gasteiger partial charge in [0.1, 0.15) is 0 Å². The van der Waals surface area contributed by atoms with E-state index < -0.39 is 5.41 Å². The Balaban J connectivity index is 2.35. The zero-order valence-electron chi connectivity index (χ0n) is 9.40. The van der Waals surface area contributed by atoms with E-state index in [0.717, 1.165) is 5.56 Å². The van der Waals surface area contributed by atoms with Gasteiger partial charge in [0, 0.05) is 4.88 Å². The van der Waals surface area contributed by atoms with Crippen LogP contribution in [0, 0.1) is 11.3 Å². The minimum Gasteiger partial charge on any atom is -0.197 e. The second-order valence-corrected chi connectivity index (χ2v) is 5.24. The summed E-state index contributed by atoms with van der Waals surface area (Å²) in [5, 5.41) is 11.1. The third kappa shape index (κ3) is 2.00. The molecule has 0 radical (unpaired) electrons. The van der Waals surface area contributed by atoms with Gasteiger partial charge in [-0.25, -0.2) is 0 Å². The van der Waals surface area contributed by atoms with Crippen molar-refractivity contribution in [1.82, 2.24) is 0 Å². The molecule has 0 saturated heterocycles. The average Bonchev–Trinajstić information content (AvgIpc) is 2.83. The van der Waals surface area contributed by atoms with E-state index in [0.29, 0.717) is 0 Å². The topological polar surface area (TPSA) is 23.8 Å². The Morgan fingerprint density at radius 1 is 1.12 bits per heavy atom. The van der Waals surface area contributed by atoms with Crippen molar-refractivity contribution in [3.8, 4) is 16.5 Å². The first-order valence-corrected chi connectivity index (χ1v) is 6.07. The SMILES string of the molecule is CC(C)(C#N)c1ccc(-c2cccs2)cc1. The normalized spacial score (nSPS) is 11.1. The summed E-state index contributed by atoms with van der Waals surface area (Å²) in [5.41, 5.74) is 1.87. The first kappa shape index (κ1) is 10.9. The second kappa shape index (κ2) is 4.11. The Labute approximate surface area is 100.0 Å². The molecule has 0 atom stereocenters. The van der Waals surface area contributed by atoms with Gasteiger partial charge < -0.3 is 0 Å². The smallest absolute Gasteiger partial charge is 0.0766 e. The number of benzene rings is 1. The number of thiophene rings is 1. The Bertz CT molecular complexity index is 501. The molecular formula is C14H13NS. The van der Waals surface area contributed by atoms with Gasteiger partial charge >= 0.3 is 0 Å². The third-order valence-electron chi connectivity index (χ3n) is 2.69. The van der Waals surface area contributed by atoms with Gasteiger partial charge in [0.25, 0.3) is 0 Å². The molecule has 2 aromatic rings. The Kier molecular flexibility index (Phi) is 2.80. The monoisotopic (exact) mass is 227 g/mol. The van der Waals surface area contributed by atoms with Crippen LogP contribution in [0.5, 0.6) is 0 Å². The largest absolute Gasteiger partial charge is 0.197 e. The molecule has 1 aromatic heterocycles. The highest BCUT2D eigenvalue weighted by Crippen LogP contribution is 2.28. The van der Waals surface area contributed by atoms with Crippen molar-refractivity contribution in [1.29, 1.82) is 5.26 Å². The van der Waals surface area contributed by atoms with Crippen molar-refractivity contribution < 1.29 is 0 Å². The summed E-state index contributed by atoms with van der Waals surface area (Å²) in [4.78, 5) is 1.27. The van der Waals surface area contributed by atoms with E-state index in [2.05, 4.69) is 29.6 Å². The summed E-state index contributed by atoms with van der Waals surface area (Å²) in [7, 11) is 0. The van der Waals surface area contributed by atoms with E-state index in [1.807, 2.05) is 32.0 Å². The fraction of sp³-hybridized carbons (Fsp3) is 0.214. The Morgan fingerprint density at radius 3 is 2.31 bits per heavy atom. The molecule has 2 rings (SSSR count). The van der Waals surface area contributed by atoms with Crippen LogP contribution in [-0.2, 0) is 5.41 Å². The molecule has 0 aliphatic carbocycles. The van der Waals surface area contributed by atoms with E-state index in [1.54, 1.807) is 11.3 Å². The second-order valence-electron chi connectivity index (χ2n) is 4.29. The van der Waals surface area contributed by atoms with Crippen molar-refractivity contribution in [2.45, 2.75) is 19.3 Å². The fourth-order valence-electron chi connectivity index (χ4n) is 1.56. The van der Waals surface area contributed by atoms with Crippen LogP contribution < -0.4 is 0 Å². The molecule has 80 valence electrons. The zero-order chi connectivity index (χ0) is 11.6. The lowest BCUT2D eigenvalue weighted by molar-refractivity contribution is 0.687. The van der Waals surface area contributed by atoms with E-state index >= 15 is 0 Å². The highest BCUT2D eigenvalue weighted by molar-refractivity contribution is 7.13. The van der Waals surface area contributed by atoms with E-state index in [1.165, 1.54) is 10.4 Å². The molecule has 0 unspecified atom stereocenters. The van der Waals surface area contributed by atoms with Crippen molar-refractivity contribution in [3.63, 3.8) is 0 Å².